The molecule has 0 aliphatic carbocycles. The second-order valence-electron chi connectivity index (χ2n) is 5.94. The van der Waals surface area contributed by atoms with Crippen LogP contribution in [0.3, 0.4) is 0 Å². The van der Waals surface area contributed by atoms with Crippen LogP contribution < -0.4 is 5.32 Å². The van der Waals surface area contributed by atoms with Crippen molar-refractivity contribution in [3.05, 3.63) is 24.3 Å². The summed E-state index contributed by atoms with van der Waals surface area (Å²) in [6.07, 6.45) is 0.823. The van der Waals surface area contributed by atoms with Crippen LogP contribution >= 0.6 is 0 Å². The van der Waals surface area contributed by atoms with Crippen LogP contribution in [-0.4, -0.2) is 66.3 Å². The Hall–Kier alpha value is -2.07. The number of aliphatic hydroxyl groups is 3. The molecule has 0 amide bonds. The number of nitrogens with zero attached hydrogens (tertiary/aromatic N) is 4. The predicted octanol–water partition coefficient (Wildman–Crippen LogP) is -0.184. The maximum atomic E-state index is 10.2. The summed E-state index contributed by atoms with van der Waals surface area (Å²) in [5.74, 6) is 0.572. The molecule has 0 aromatic carbocycles. The minimum Gasteiger partial charge on any atom is -0.394 e. The van der Waals surface area contributed by atoms with Gasteiger partial charge in [0.2, 0.25) is 0 Å². The van der Waals surface area contributed by atoms with Gasteiger partial charge in [-0.3, -0.25) is 4.57 Å². The predicted molar refractivity (Wildman–Crippen MR) is 86.3 cm³/mol. The second-order valence-corrected chi connectivity index (χ2v) is 5.94. The first kappa shape index (κ1) is 16.8. The van der Waals surface area contributed by atoms with Crippen molar-refractivity contribution in [2.75, 3.05) is 18.5 Å². The fraction of sp³-hybridized carbons (Fsp3) is 0.533. The lowest BCUT2D eigenvalue weighted by atomic mass is 10.1. The molecule has 9 heteroatoms. The zero-order valence-corrected chi connectivity index (χ0v) is 13.5. The lowest BCUT2D eigenvalue weighted by Gasteiger charge is -2.16. The molecule has 4 atom stereocenters. The van der Waals surface area contributed by atoms with E-state index in [4.69, 9.17) is 4.74 Å². The maximum absolute atomic E-state index is 10.2. The van der Waals surface area contributed by atoms with E-state index < -0.39 is 24.5 Å². The van der Waals surface area contributed by atoms with Crippen LogP contribution in [0.25, 0.3) is 11.2 Å². The van der Waals surface area contributed by atoms with E-state index in [1.165, 1.54) is 22.8 Å². The summed E-state index contributed by atoms with van der Waals surface area (Å²) in [6.45, 7) is 4.24. The molecule has 1 aliphatic rings. The van der Waals surface area contributed by atoms with Crippen LogP contribution in [0, 0.1) is 0 Å². The average Bonchev–Trinajstić information content (AvgIpc) is 3.10. The molecule has 0 spiro atoms. The van der Waals surface area contributed by atoms with E-state index >= 15 is 0 Å². The van der Waals surface area contributed by atoms with Gasteiger partial charge in [0.1, 0.15) is 24.6 Å². The summed E-state index contributed by atoms with van der Waals surface area (Å²) in [5.41, 5.74) is 2.20. The summed E-state index contributed by atoms with van der Waals surface area (Å²) in [4.78, 5) is 12.7. The van der Waals surface area contributed by atoms with Gasteiger partial charge in [-0.05, 0) is 13.8 Å². The molecule has 3 rings (SSSR count). The Kier molecular flexibility index (Phi) is 4.76. The summed E-state index contributed by atoms with van der Waals surface area (Å²) < 4.78 is 7.06. The first-order chi connectivity index (χ1) is 11.5. The Morgan fingerprint density at radius 2 is 2.08 bits per heavy atom. The molecule has 4 N–H and O–H groups in total. The Balaban J connectivity index is 1.90. The first-order valence-electron chi connectivity index (χ1n) is 7.70. The average molecular weight is 335 g/mol. The quantitative estimate of drug-likeness (QED) is 0.554. The molecule has 0 radical (unpaired) electrons. The maximum Gasteiger partial charge on any atom is 0.167 e. The van der Waals surface area contributed by atoms with Gasteiger partial charge in [0.15, 0.2) is 23.2 Å². The highest BCUT2D eigenvalue weighted by atomic mass is 16.6. The molecule has 1 fully saturated rings. The lowest BCUT2D eigenvalue weighted by molar-refractivity contribution is -0.0511. The summed E-state index contributed by atoms with van der Waals surface area (Å²) >= 11 is 0. The number of allylic oxidation sites excluding steroid dienone is 1. The van der Waals surface area contributed by atoms with Gasteiger partial charge in [0.25, 0.3) is 0 Å². The summed E-state index contributed by atoms with van der Waals surface area (Å²) in [7, 11) is 0. The van der Waals surface area contributed by atoms with Crippen molar-refractivity contribution in [3.8, 4) is 0 Å². The van der Waals surface area contributed by atoms with Crippen molar-refractivity contribution < 1.29 is 20.1 Å². The second kappa shape index (κ2) is 6.81. The van der Waals surface area contributed by atoms with Crippen LogP contribution in [0.15, 0.2) is 24.3 Å². The van der Waals surface area contributed by atoms with E-state index in [0.717, 1.165) is 0 Å². The number of nitrogens with one attached hydrogen (secondary N) is 1. The van der Waals surface area contributed by atoms with Gasteiger partial charge in [-0.2, -0.15) is 0 Å². The smallest absolute Gasteiger partial charge is 0.167 e. The van der Waals surface area contributed by atoms with Gasteiger partial charge in [-0.25, -0.2) is 15.0 Å². The van der Waals surface area contributed by atoms with Crippen LogP contribution in [-0.2, 0) is 4.74 Å². The highest BCUT2D eigenvalue weighted by Crippen LogP contribution is 2.31. The van der Waals surface area contributed by atoms with E-state index in [-0.39, 0.29) is 6.61 Å². The molecule has 0 bridgehead atoms. The third-order valence-corrected chi connectivity index (χ3v) is 3.93. The zero-order valence-electron chi connectivity index (χ0n) is 13.5. The number of anilines is 1. The van der Waals surface area contributed by atoms with Crippen molar-refractivity contribution in [1.82, 2.24) is 19.5 Å². The third kappa shape index (κ3) is 2.98. The van der Waals surface area contributed by atoms with Crippen molar-refractivity contribution in [2.45, 2.75) is 38.4 Å². The Labute approximate surface area is 138 Å². The van der Waals surface area contributed by atoms with E-state index in [0.29, 0.717) is 23.5 Å². The van der Waals surface area contributed by atoms with Gasteiger partial charge in [0, 0.05) is 6.54 Å². The molecule has 2 aromatic heterocycles. The highest BCUT2D eigenvalue weighted by molar-refractivity contribution is 5.82. The Morgan fingerprint density at radius 1 is 1.29 bits per heavy atom. The zero-order chi connectivity index (χ0) is 17.3. The van der Waals surface area contributed by atoms with E-state index in [2.05, 4.69) is 20.3 Å². The number of aromatic nitrogens is 4. The molecule has 2 aromatic rings. The lowest BCUT2D eigenvalue weighted by Crippen LogP contribution is -2.33. The highest BCUT2D eigenvalue weighted by Gasteiger charge is 2.43. The number of rotatable bonds is 5. The summed E-state index contributed by atoms with van der Waals surface area (Å²) in [5, 5.41) is 32.4. The van der Waals surface area contributed by atoms with Crippen molar-refractivity contribution >= 4 is 17.0 Å². The number of hydrogen-bond acceptors (Lipinski definition) is 8. The van der Waals surface area contributed by atoms with Crippen LogP contribution in [0.1, 0.15) is 20.1 Å². The fourth-order valence-electron chi connectivity index (χ4n) is 2.63. The topological polar surface area (TPSA) is 126 Å². The minimum atomic E-state index is -1.18. The monoisotopic (exact) mass is 335 g/mol. The van der Waals surface area contributed by atoms with Crippen LogP contribution in [0.5, 0.6) is 0 Å². The van der Waals surface area contributed by atoms with Gasteiger partial charge in [-0.1, -0.05) is 11.6 Å². The largest absolute Gasteiger partial charge is 0.394 e. The molecule has 1 aliphatic heterocycles. The number of imidazole rings is 1. The SMILES string of the molecule is CC(C)=CCNc1ncnc2c1ncn2[C@H]1O[C@H](CO)[C@@H](O)[C@H]1O. The molecule has 0 saturated carbocycles. The molecule has 1 saturated heterocycles. The molecule has 0 unspecified atom stereocenters. The van der Waals surface area contributed by atoms with Gasteiger partial charge >= 0.3 is 0 Å². The van der Waals surface area contributed by atoms with Gasteiger partial charge in [-0.15, -0.1) is 0 Å². The summed E-state index contributed by atoms with van der Waals surface area (Å²) in [6, 6.07) is 0. The number of aliphatic hydroxyl groups excluding tert-OH is 3. The van der Waals surface area contributed by atoms with Crippen molar-refractivity contribution in [2.24, 2.45) is 0 Å². The Morgan fingerprint density at radius 3 is 2.75 bits per heavy atom. The van der Waals surface area contributed by atoms with Gasteiger partial charge in [0.05, 0.1) is 12.9 Å². The Bertz CT molecular complexity index is 743. The fourth-order valence-corrected chi connectivity index (χ4v) is 2.63. The molecule has 130 valence electrons. The van der Waals surface area contributed by atoms with E-state index in [1.807, 2.05) is 19.9 Å². The number of hydrogen-bond donors (Lipinski definition) is 4. The number of ether oxygens (including phenoxy) is 1. The molecule has 9 nitrogen and oxygen atoms in total. The molecule has 3 heterocycles. The van der Waals surface area contributed by atoms with E-state index in [1.54, 1.807) is 0 Å². The molecular formula is C15H21N5O4. The molecule has 24 heavy (non-hydrogen) atoms. The normalized spacial score (nSPS) is 26.7. The standard InChI is InChI=1S/C15H21N5O4/c1-8(2)3-4-16-13-10-14(18-6-17-13)20(7-19-10)15-12(23)11(22)9(5-21)24-15/h3,6-7,9,11-12,15,21-23H,4-5H2,1-2H3,(H,16,17,18)/t9-,11-,12-,15+/m1/s1. The van der Waals surface area contributed by atoms with Crippen LogP contribution in [0.2, 0.25) is 0 Å². The minimum absolute atomic E-state index is 0.383. The van der Waals surface area contributed by atoms with Crippen molar-refractivity contribution in [1.29, 1.82) is 0 Å². The number of fused-ring (bicyclic) bond motifs is 1. The van der Waals surface area contributed by atoms with Gasteiger partial charge < -0.3 is 25.4 Å². The van der Waals surface area contributed by atoms with E-state index in [9.17, 15) is 15.3 Å². The first-order valence-corrected chi connectivity index (χ1v) is 7.70. The van der Waals surface area contributed by atoms with Crippen LogP contribution in [0.4, 0.5) is 5.82 Å². The molecular weight excluding hydrogens is 314 g/mol. The van der Waals surface area contributed by atoms with Crippen molar-refractivity contribution in [3.63, 3.8) is 0 Å². The third-order valence-electron chi connectivity index (χ3n) is 3.93.